The lowest BCUT2D eigenvalue weighted by atomic mass is 10.3. The Balaban J connectivity index is 1.96. The van der Waals surface area contributed by atoms with Crippen LogP contribution in [0.3, 0.4) is 0 Å². The molecule has 0 saturated heterocycles. The Morgan fingerprint density at radius 3 is 3.13 bits per heavy atom. The van der Waals surface area contributed by atoms with Gasteiger partial charge in [-0.25, -0.2) is 0 Å². The minimum atomic E-state index is -0.0233. The molecule has 2 aromatic rings. The molecule has 0 aromatic carbocycles. The summed E-state index contributed by atoms with van der Waals surface area (Å²) in [6.45, 7) is 1.89. The van der Waals surface area contributed by atoms with Crippen molar-refractivity contribution in [2.75, 3.05) is 5.32 Å². The fraction of sp³-hybridized carbons (Fsp3) is 0.200. The Morgan fingerprint density at radius 2 is 2.53 bits per heavy atom. The van der Waals surface area contributed by atoms with E-state index in [4.69, 9.17) is 0 Å². The summed E-state index contributed by atoms with van der Waals surface area (Å²) in [5.74, 6) is 0.654. The normalized spacial score (nSPS) is 10.2. The molecular weight excluding hydrogens is 210 g/mol. The minimum absolute atomic E-state index is 0.0233. The van der Waals surface area contributed by atoms with Crippen LogP contribution in [0.25, 0.3) is 0 Å². The molecule has 2 heterocycles. The molecule has 0 bridgehead atoms. The minimum Gasteiger partial charge on any atom is -0.311 e. The fourth-order valence-electron chi connectivity index (χ4n) is 1.23. The summed E-state index contributed by atoms with van der Waals surface area (Å²) < 4.78 is 0. The zero-order chi connectivity index (χ0) is 10.7. The van der Waals surface area contributed by atoms with Crippen LogP contribution in [0.2, 0.25) is 0 Å². The summed E-state index contributed by atoms with van der Waals surface area (Å²) in [5, 5.41) is 11.3. The van der Waals surface area contributed by atoms with Gasteiger partial charge in [-0.15, -0.1) is 11.3 Å². The van der Waals surface area contributed by atoms with Gasteiger partial charge in [0.15, 0.2) is 0 Å². The van der Waals surface area contributed by atoms with Gasteiger partial charge in [0.05, 0.1) is 12.6 Å². The predicted octanol–water partition coefficient (Wildman–Crippen LogP) is 1.96. The molecular formula is C10H11N3OS. The first kappa shape index (κ1) is 9.92. The number of rotatable bonds is 3. The molecule has 1 amide bonds. The first-order valence-electron chi connectivity index (χ1n) is 4.58. The molecule has 0 aliphatic rings. The Bertz CT molecular complexity index is 447. The van der Waals surface area contributed by atoms with Gasteiger partial charge in [-0.05, 0) is 18.4 Å². The zero-order valence-corrected chi connectivity index (χ0v) is 9.10. The quantitative estimate of drug-likeness (QED) is 0.832. The molecule has 0 unspecified atom stereocenters. The van der Waals surface area contributed by atoms with Crippen LogP contribution in [-0.4, -0.2) is 16.1 Å². The molecule has 0 atom stereocenters. The number of thiophene rings is 1. The van der Waals surface area contributed by atoms with Crippen LogP contribution in [0.15, 0.2) is 23.7 Å². The second-order valence-electron chi connectivity index (χ2n) is 3.23. The highest BCUT2D eigenvalue weighted by Gasteiger charge is 2.07. The van der Waals surface area contributed by atoms with Crippen molar-refractivity contribution in [2.45, 2.75) is 13.3 Å². The van der Waals surface area contributed by atoms with Crippen LogP contribution < -0.4 is 5.32 Å². The summed E-state index contributed by atoms with van der Waals surface area (Å²) >= 11 is 1.58. The van der Waals surface area contributed by atoms with Crippen LogP contribution in [0.4, 0.5) is 5.82 Å². The summed E-state index contributed by atoms with van der Waals surface area (Å²) in [6.07, 6.45) is 2.09. The summed E-state index contributed by atoms with van der Waals surface area (Å²) in [6, 6.07) is 3.89. The fourth-order valence-corrected chi connectivity index (χ4v) is 1.93. The lowest BCUT2D eigenvalue weighted by molar-refractivity contribution is -0.115. The maximum atomic E-state index is 11.6. The molecule has 0 spiro atoms. The van der Waals surface area contributed by atoms with Gasteiger partial charge in [0.2, 0.25) is 5.91 Å². The van der Waals surface area contributed by atoms with Crippen LogP contribution >= 0.6 is 11.3 Å². The van der Waals surface area contributed by atoms with Gasteiger partial charge in [-0.3, -0.25) is 9.89 Å². The van der Waals surface area contributed by atoms with E-state index in [-0.39, 0.29) is 5.91 Å². The number of carbonyl (C=O) groups excluding carboxylic acids is 1. The van der Waals surface area contributed by atoms with Gasteiger partial charge < -0.3 is 5.32 Å². The van der Waals surface area contributed by atoms with Crippen LogP contribution in [0, 0.1) is 6.92 Å². The number of aryl methyl sites for hydroxylation is 1. The van der Waals surface area contributed by atoms with Gasteiger partial charge in [0, 0.05) is 10.4 Å². The first-order chi connectivity index (χ1) is 7.25. The van der Waals surface area contributed by atoms with Crippen molar-refractivity contribution >= 4 is 23.1 Å². The third-order valence-electron chi connectivity index (χ3n) is 2.01. The summed E-state index contributed by atoms with van der Waals surface area (Å²) in [4.78, 5) is 12.6. The Hall–Kier alpha value is -1.62. The number of aromatic amines is 1. The van der Waals surface area contributed by atoms with Crippen LogP contribution in [0.5, 0.6) is 0 Å². The van der Waals surface area contributed by atoms with Gasteiger partial charge in [0.1, 0.15) is 5.82 Å². The number of nitrogens with one attached hydrogen (secondary N) is 2. The highest BCUT2D eigenvalue weighted by Crippen LogP contribution is 2.12. The highest BCUT2D eigenvalue weighted by molar-refractivity contribution is 7.10. The molecule has 15 heavy (non-hydrogen) atoms. The highest BCUT2D eigenvalue weighted by atomic mass is 32.1. The van der Waals surface area contributed by atoms with E-state index >= 15 is 0 Å². The number of amides is 1. The number of carbonyl (C=O) groups is 1. The third kappa shape index (κ3) is 2.44. The van der Waals surface area contributed by atoms with Gasteiger partial charge in [-0.1, -0.05) is 6.07 Å². The van der Waals surface area contributed by atoms with Gasteiger partial charge in [-0.2, -0.15) is 5.10 Å². The van der Waals surface area contributed by atoms with Crippen molar-refractivity contribution in [1.29, 1.82) is 0 Å². The van der Waals surface area contributed by atoms with Crippen molar-refractivity contribution in [3.05, 3.63) is 34.2 Å². The van der Waals surface area contributed by atoms with E-state index in [1.54, 1.807) is 17.5 Å². The van der Waals surface area contributed by atoms with E-state index in [0.29, 0.717) is 12.2 Å². The predicted molar refractivity (Wildman–Crippen MR) is 60.0 cm³/mol. The zero-order valence-electron chi connectivity index (χ0n) is 8.28. The largest absolute Gasteiger partial charge is 0.311 e. The standard InChI is InChI=1S/C10H11N3OS/c1-7-6-11-13-10(7)12-9(14)5-8-3-2-4-15-8/h2-4,6H,5H2,1H3,(H2,11,12,13,14). The molecule has 5 heteroatoms. The molecule has 2 rings (SSSR count). The number of hydrogen-bond acceptors (Lipinski definition) is 3. The average Bonchev–Trinajstić information content (AvgIpc) is 2.79. The van der Waals surface area contributed by atoms with E-state index in [1.807, 2.05) is 24.4 Å². The van der Waals surface area contributed by atoms with Crippen molar-refractivity contribution in [2.24, 2.45) is 0 Å². The number of H-pyrrole nitrogens is 1. The van der Waals surface area contributed by atoms with E-state index in [9.17, 15) is 4.79 Å². The molecule has 2 N–H and O–H groups in total. The van der Waals surface area contributed by atoms with Gasteiger partial charge >= 0.3 is 0 Å². The molecule has 0 radical (unpaired) electrons. The number of hydrogen-bond donors (Lipinski definition) is 2. The molecule has 0 saturated carbocycles. The summed E-state index contributed by atoms with van der Waals surface area (Å²) in [5.41, 5.74) is 0.939. The Kier molecular flexibility index (Phi) is 2.82. The molecule has 0 aliphatic carbocycles. The maximum absolute atomic E-state index is 11.6. The molecule has 4 nitrogen and oxygen atoms in total. The Labute approximate surface area is 91.3 Å². The van der Waals surface area contributed by atoms with Crippen molar-refractivity contribution < 1.29 is 4.79 Å². The van der Waals surface area contributed by atoms with Gasteiger partial charge in [0.25, 0.3) is 0 Å². The number of aromatic nitrogens is 2. The third-order valence-corrected chi connectivity index (χ3v) is 2.88. The first-order valence-corrected chi connectivity index (χ1v) is 5.46. The second-order valence-corrected chi connectivity index (χ2v) is 4.26. The van der Waals surface area contributed by atoms with Crippen molar-refractivity contribution in [3.63, 3.8) is 0 Å². The van der Waals surface area contributed by atoms with E-state index in [0.717, 1.165) is 10.4 Å². The lowest BCUT2D eigenvalue weighted by Gasteiger charge is -2.01. The van der Waals surface area contributed by atoms with Crippen LogP contribution in [0.1, 0.15) is 10.4 Å². The maximum Gasteiger partial charge on any atom is 0.230 e. The molecule has 78 valence electrons. The molecule has 2 aromatic heterocycles. The average molecular weight is 221 g/mol. The smallest absolute Gasteiger partial charge is 0.230 e. The number of anilines is 1. The molecule has 0 fully saturated rings. The Morgan fingerprint density at radius 1 is 1.67 bits per heavy atom. The van der Waals surface area contributed by atoms with Crippen LogP contribution in [-0.2, 0) is 11.2 Å². The van der Waals surface area contributed by atoms with E-state index in [1.165, 1.54) is 0 Å². The second kappa shape index (κ2) is 4.27. The summed E-state index contributed by atoms with van der Waals surface area (Å²) in [7, 11) is 0. The van der Waals surface area contributed by atoms with E-state index < -0.39 is 0 Å². The van der Waals surface area contributed by atoms with Crippen molar-refractivity contribution in [3.8, 4) is 0 Å². The SMILES string of the molecule is Cc1cn[nH]c1NC(=O)Cc1cccs1. The van der Waals surface area contributed by atoms with Crippen molar-refractivity contribution in [1.82, 2.24) is 10.2 Å². The molecule has 0 aliphatic heterocycles. The van der Waals surface area contributed by atoms with E-state index in [2.05, 4.69) is 15.5 Å². The lowest BCUT2D eigenvalue weighted by Crippen LogP contribution is -2.14. The monoisotopic (exact) mass is 221 g/mol. The topological polar surface area (TPSA) is 57.8 Å². The number of nitrogens with zero attached hydrogens (tertiary/aromatic N) is 1.